The molecule has 130 valence electrons. The molecule has 2 heterocycles. The smallest absolute Gasteiger partial charge is 0.321 e. The van der Waals surface area contributed by atoms with Gasteiger partial charge >= 0.3 is 6.03 Å². The lowest BCUT2D eigenvalue weighted by molar-refractivity contribution is -0.119. The molecule has 2 aromatic rings. The number of amides is 3. The van der Waals surface area contributed by atoms with Gasteiger partial charge in [-0.1, -0.05) is 25.6 Å². The number of hydrogen-bond acceptors (Lipinski definition) is 6. The zero-order chi connectivity index (χ0) is 17.7. The van der Waals surface area contributed by atoms with E-state index in [4.69, 9.17) is 4.42 Å². The fourth-order valence-corrected chi connectivity index (χ4v) is 2.84. The van der Waals surface area contributed by atoms with Gasteiger partial charge in [0.2, 0.25) is 5.91 Å². The van der Waals surface area contributed by atoms with Crippen LogP contribution in [0.4, 0.5) is 4.79 Å². The molecule has 0 radical (unpaired) electrons. The third kappa shape index (κ3) is 4.38. The van der Waals surface area contributed by atoms with Crippen molar-refractivity contribution in [2.24, 2.45) is 5.92 Å². The quantitative estimate of drug-likeness (QED) is 0.773. The molecule has 8 nitrogen and oxygen atoms in total. The number of carbonyl (C=O) groups is 2. The van der Waals surface area contributed by atoms with Gasteiger partial charge in [-0.3, -0.25) is 14.7 Å². The average molecular weight is 351 g/mol. The van der Waals surface area contributed by atoms with Gasteiger partial charge in [-0.2, -0.15) is 0 Å². The Labute approximate surface area is 144 Å². The Hall–Kier alpha value is -2.29. The number of hydrogen-bond donors (Lipinski definition) is 2. The van der Waals surface area contributed by atoms with Crippen LogP contribution in [0.5, 0.6) is 0 Å². The van der Waals surface area contributed by atoms with Gasteiger partial charge in [0.1, 0.15) is 0 Å². The van der Waals surface area contributed by atoms with Gasteiger partial charge in [-0.15, -0.1) is 10.2 Å². The highest BCUT2D eigenvalue weighted by molar-refractivity contribution is 8.00. The number of nitrogens with one attached hydrogen (secondary N) is 2. The molecule has 0 aliphatic carbocycles. The van der Waals surface area contributed by atoms with E-state index in [-0.39, 0.29) is 0 Å². The van der Waals surface area contributed by atoms with E-state index in [1.807, 2.05) is 10.6 Å². The Morgan fingerprint density at radius 1 is 1.33 bits per heavy atom. The van der Waals surface area contributed by atoms with Crippen LogP contribution >= 0.6 is 11.8 Å². The van der Waals surface area contributed by atoms with E-state index in [0.717, 1.165) is 0 Å². The lowest BCUT2D eigenvalue weighted by atomic mass is 10.2. The maximum atomic E-state index is 12.0. The molecule has 9 heteroatoms. The van der Waals surface area contributed by atoms with Gasteiger partial charge in [-0.05, 0) is 25.0 Å². The Morgan fingerprint density at radius 2 is 2.08 bits per heavy atom. The van der Waals surface area contributed by atoms with Crippen LogP contribution in [0.3, 0.4) is 0 Å². The number of nitrogens with zero attached hydrogens (tertiary/aromatic N) is 3. The van der Waals surface area contributed by atoms with E-state index in [0.29, 0.717) is 29.2 Å². The van der Waals surface area contributed by atoms with E-state index in [1.54, 1.807) is 19.3 Å². The van der Waals surface area contributed by atoms with E-state index in [9.17, 15) is 9.59 Å². The molecule has 1 unspecified atom stereocenters. The molecule has 2 N–H and O–H groups in total. The van der Waals surface area contributed by atoms with Gasteiger partial charge in [0.25, 0.3) is 0 Å². The van der Waals surface area contributed by atoms with Crippen LogP contribution in [0.1, 0.15) is 20.8 Å². The molecule has 0 aliphatic heterocycles. The minimum Gasteiger partial charge on any atom is -0.461 e. The molecular formula is C15H21N5O3S. The molecule has 0 saturated heterocycles. The summed E-state index contributed by atoms with van der Waals surface area (Å²) in [6.45, 7) is 6.57. The maximum absolute atomic E-state index is 12.0. The van der Waals surface area contributed by atoms with Gasteiger partial charge < -0.3 is 9.73 Å². The van der Waals surface area contributed by atoms with Crippen LogP contribution in [0.15, 0.2) is 28.0 Å². The maximum Gasteiger partial charge on any atom is 0.321 e. The predicted molar refractivity (Wildman–Crippen MR) is 90.5 cm³/mol. The molecule has 0 aromatic carbocycles. The fourth-order valence-electron chi connectivity index (χ4n) is 1.98. The first-order chi connectivity index (χ1) is 11.4. The second-order valence-corrected chi connectivity index (χ2v) is 6.92. The van der Waals surface area contributed by atoms with Crippen molar-refractivity contribution in [2.45, 2.75) is 37.7 Å². The standard InChI is InChI=1S/C15H21N5O3S/c1-9(2)8-20-12(11-6-5-7-23-11)18-19-15(20)24-10(3)13(21)17-14(22)16-4/h5-7,9-10H,8H2,1-4H3,(H2,16,17,21,22). The summed E-state index contributed by atoms with van der Waals surface area (Å²) in [7, 11) is 1.45. The van der Waals surface area contributed by atoms with Crippen molar-refractivity contribution >= 4 is 23.7 Å². The first-order valence-electron chi connectivity index (χ1n) is 7.58. The van der Waals surface area contributed by atoms with E-state index < -0.39 is 17.2 Å². The van der Waals surface area contributed by atoms with Crippen LogP contribution in [0.25, 0.3) is 11.6 Å². The summed E-state index contributed by atoms with van der Waals surface area (Å²) in [5.74, 6) is 1.22. The van der Waals surface area contributed by atoms with E-state index >= 15 is 0 Å². The molecule has 0 spiro atoms. The number of urea groups is 1. The number of rotatable bonds is 6. The van der Waals surface area contributed by atoms with E-state index in [1.165, 1.54) is 18.8 Å². The van der Waals surface area contributed by atoms with Crippen molar-refractivity contribution in [3.8, 4) is 11.6 Å². The summed E-state index contributed by atoms with van der Waals surface area (Å²) < 4.78 is 7.34. The highest BCUT2D eigenvalue weighted by atomic mass is 32.2. The van der Waals surface area contributed by atoms with Crippen LogP contribution in [-0.2, 0) is 11.3 Å². The second kappa shape index (κ2) is 8.00. The molecule has 0 bridgehead atoms. The lowest BCUT2D eigenvalue weighted by Crippen LogP contribution is -2.41. The van der Waals surface area contributed by atoms with Crippen molar-refractivity contribution in [3.63, 3.8) is 0 Å². The number of thioether (sulfide) groups is 1. The minimum absolute atomic E-state index is 0.365. The SMILES string of the molecule is CNC(=O)NC(=O)C(C)Sc1nnc(-c2ccco2)n1CC(C)C. The minimum atomic E-state index is -0.535. The van der Waals surface area contributed by atoms with Gasteiger partial charge in [-0.25, -0.2) is 4.79 Å². The topological polar surface area (TPSA) is 102 Å². The van der Waals surface area contributed by atoms with Crippen LogP contribution in [-0.4, -0.2) is 39.0 Å². The van der Waals surface area contributed by atoms with Gasteiger partial charge in [0.05, 0.1) is 11.5 Å². The lowest BCUT2D eigenvalue weighted by Gasteiger charge is -2.14. The third-order valence-corrected chi connectivity index (χ3v) is 4.20. The number of carbonyl (C=O) groups excluding carboxylic acids is 2. The average Bonchev–Trinajstić information content (AvgIpc) is 3.17. The molecule has 24 heavy (non-hydrogen) atoms. The van der Waals surface area contributed by atoms with Crippen molar-refractivity contribution < 1.29 is 14.0 Å². The molecule has 1 atom stereocenters. The highest BCUT2D eigenvalue weighted by Crippen LogP contribution is 2.28. The predicted octanol–water partition coefficient (Wildman–Crippen LogP) is 2.13. The molecule has 3 amide bonds. The summed E-state index contributed by atoms with van der Waals surface area (Å²) in [6, 6.07) is 3.07. The zero-order valence-electron chi connectivity index (χ0n) is 14.1. The molecular weight excluding hydrogens is 330 g/mol. The van der Waals surface area contributed by atoms with Crippen molar-refractivity contribution in [1.82, 2.24) is 25.4 Å². The summed E-state index contributed by atoms with van der Waals surface area (Å²) in [4.78, 5) is 23.3. The fraction of sp³-hybridized carbons (Fsp3) is 0.467. The monoisotopic (exact) mass is 351 g/mol. The van der Waals surface area contributed by atoms with E-state index in [2.05, 4.69) is 34.7 Å². The molecule has 2 rings (SSSR count). The second-order valence-electron chi connectivity index (χ2n) is 5.62. The van der Waals surface area contributed by atoms with Gasteiger partial charge in [0, 0.05) is 13.6 Å². The normalized spacial score (nSPS) is 12.2. The molecule has 0 saturated carbocycles. The highest BCUT2D eigenvalue weighted by Gasteiger charge is 2.23. The van der Waals surface area contributed by atoms with Crippen molar-refractivity contribution in [1.29, 1.82) is 0 Å². The summed E-state index contributed by atoms with van der Waals surface area (Å²) in [5.41, 5.74) is 0. The summed E-state index contributed by atoms with van der Waals surface area (Å²) >= 11 is 1.25. The Balaban J connectivity index is 2.20. The third-order valence-electron chi connectivity index (χ3n) is 3.12. The summed E-state index contributed by atoms with van der Waals surface area (Å²) in [5, 5.41) is 13.1. The Bertz CT molecular complexity index is 696. The molecule has 2 aromatic heterocycles. The van der Waals surface area contributed by atoms with Crippen molar-refractivity contribution in [3.05, 3.63) is 18.4 Å². The molecule has 0 aliphatic rings. The Kier molecular flexibility index (Phi) is 6.02. The Morgan fingerprint density at radius 3 is 2.67 bits per heavy atom. The largest absolute Gasteiger partial charge is 0.461 e. The number of imide groups is 1. The first-order valence-corrected chi connectivity index (χ1v) is 8.46. The van der Waals surface area contributed by atoms with Crippen molar-refractivity contribution in [2.75, 3.05) is 7.05 Å². The van der Waals surface area contributed by atoms with Crippen LogP contribution in [0.2, 0.25) is 0 Å². The first kappa shape index (κ1) is 18.1. The van der Waals surface area contributed by atoms with Crippen LogP contribution < -0.4 is 10.6 Å². The summed E-state index contributed by atoms with van der Waals surface area (Å²) in [6.07, 6.45) is 1.58. The zero-order valence-corrected chi connectivity index (χ0v) is 14.9. The van der Waals surface area contributed by atoms with Crippen LogP contribution in [0, 0.1) is 5.92 Å². The van der Waals surface area contributed by atoms with Gasteiger partial charge in [0.15, 0.2) is 16.7 Å². The number of aromatic nitrogens is 3. The molecule has 0 fully saturated rings. The number of furan rings is 1.